The Labute approximate surface area is 162 Å². The Kier molecular flexibility index (Phi) is 5.98. The minimum atomic E-state index is -3.76. The number of ether oxygens (including phenoxy) is 2. The van der Waals surface area contributed by atoms with Crippen LogP contribution in [0, 0.1) is 13.8 Å². The van der Waals surface area contributed by atoms with Gasteiger partial charge in [-0.25, -0.2) is 18.1 Å². The lowest BCUT2D eigenvalue weighted by atomic mass is 10.3. The molecule has 0 bridgehead atoms. The van der Waals surface area contributed by atoms with Crippen LogP contribution in [-0.2, 0) is 14.8 Å². The number of nitrogens with zero attached hydrogens (tertiary/aromatic N) is 1. The van der Waals surface area contributed by atoms with Crippen LogP contribution in [-0.4, -0.2) is 39.1 Å². The van der Waals surface area contributed by atoms with E-state index in [0.29, 0.717) is 29.8 Å². The van der Waals surface area contributed by atoms with Crippen LogP contribution in [0.2, 0.25) is 0 Å². The van der Waals surface area contributed by atoms with Crippen LogP contribution in [0.5, 0.6) is 11.5 Å². The minimum absolute atomic E-state index is 0.00145. The van der Waals surface area contributed by atoms with E-state index in [1.54, 1.807) is 6.07 Å². The molecule has 1 aliphatic heterocycles. The smallest absolute Gasteiger partial charge is 0.240 e. The van der Waals surface area contributed by atoms with E-state index < -0.39 is 10.0 Å². The van der Waals surface area contributed by atoms with E-state index in [1.165, 1.54) is 23.5 Å². The number of carbonyl (C=O) groups is 1. The molecule has 0 spiro atoms. The summed E-state index contributed by atoms with van der Waals surface area (Å²) in [4.78, 5) is 17.3. The average molecular weight is 412 g/mol. The summed E-state index contributed by atoms with van der Waals surface area (Å²) in [5.74, 6) is 0.632. The first-order valence-corrected chi connectivity index (χ1v) is 10.8. The lowest BCUT2D eigenvalue weighted by Crippen LogP contribution is -2.27. The molecule has 146 valence electrons. The lowest BCUT2D eigenvalue weighted by molar-refractivity contribution is -0.116. The number of fused-ring (bicyclic) bond motifs is 1. The Balaban J connectivity index is 1.57. The summed E-state index contributed by atoms with van der Waals surface area (Å²) in [6.45, 7) is 4.77. The highest BCUT2D eigenvalue weighted by atomic mass is 32.2. The van der Waals surface area contributed by atoms with E-state index in [1.807, 2.05) is 13.8 Å². The molecule has 0 atom stereocenters. The number of hydrogen-bond donors (Lipinski definition) is 2. The first kappa shape index (κ1) is 19.6. The van der Waals surface area contributed by atoms with E-state index in [4.69, 9.17) is 9.47 Å². The van der Waals surface area contributed by atoms with Crippen LogP contribution in [0.25, 0.3) is 0 Å². The molecule has 0 aliphatic carbocycles. The summed E-state index contributed by atoms with van der Waals surface area (Å²) in [6, 6.07) is 4.47. The number of sulfonamides is 1. The molecule has 0 saturated heterocycles. The van der Waals surface area contributed by atoms with E-state index in [2.05, 4.69) is 15.0 Å². The highest BCUT2D eigenvalue weighted by Gasteiger charge is 2.19. The highest BCUT2D eigenvalue weighted by Crippen LogP contribution is 2.31. The number of rotatable bonds is 6. The Morgan fingerprint density at radius 2 is 1.96 bits per heavy atom. The van der Waals surface area contributed by atoms with Crippen LogP contribution in [0.15, 0.2) is 23.1 Å². The zero-order valence-electron chi connectivity index (χ0n) is 15.1. The SMILES string of the molecule is Cc1nc(NC(=O)CCNS(=O)(=O)c2ccc3c(c2)OCCCO3)sc1C. The second-order valence-electron chi connectivity index (χ2n) is 6.02. The van der Waals surface area contributed by atoms with Crippen molar-refractivity contribution in [2.45, 2.75) is 31.6 Å². The first-order chi connectivity index (χ1) is 12.8. The van der Waals surface area contributed by atoms with Crippen molar-refractivity contribution in [3.05, 3.63) is 28.8 Å². The van der Waals surface area contributed by atoms with Gasteiger partial charge in [0.15, 0.2) is 16.6 Å². The van der Waals surface area contributed by atoms with Gasteiger partial charge in [-0.05, 0) is 26.0 Å². The van der Waals surface area contributed by atoms with Crippen LogP contribution < -0.4 is 19.5 Å². The number of thiazole rings is 1. The zero-order chi connectivity index (χ0) is 19.4. The molecule has 0 saturated carbocycles. The Morgan fingerprint density at radius 3 is 2.67 bits per heavy atom. The van der Waals surface area contributed by atoms with Gasteiger partial charge in [0.05, 0.1) is 23.8 Å². The van der Waals surface area contributed by atoms with Crippen molar-refractivity contribution in [2.75, 3.05) is 25.1 Å². The number of carbonyl (C=O) groups excluding carboxylic acids is 1. The Bertz CT molecular complexity index is 921. The van der Waals surface area contributed by atoms with Gasteiger partial charge in [-0.2, -0.15) is 0 Å². The Hall–Kier alpha value is -2.17. The molecule has 1 aromatic carbocycles. The van der Waals surface area contributed by atoms with Gasteiger partial charge >= 0.3 is 0 Å². The fraction of sp³-hybridized carbons (Fsp3) is 0.412. The topological polar surface area (TPSA) is 107 Å². The van der Waals surface area contributed by atoms with Crippen LogP contribution >= 0.6 is 11.3 Å². The fourth-order valence-electron chi connectivity index (χ4n) is 2.40. The van der Waals surface area contributed by atoms with Crippen molar-refractivity contribution in [1.29, 1.82) is 0 Å². The van der Waals surface area contributed by atoms with E-state index >= 15 is 0 Å². The third-order valence-corrected chi connectivity index (χ3v) is 6.40. The molecule has 2 heterocycles. The molecule has 3 rings (SSSR count). The van der Waals surface area contributed by atoms with Gasteiger partial charge in [0.25, 0.3) is 0 Å². The molecular formula is C17H21N3O5S2. The maximum absolute atomic E-state index is 12.4. The number of nitrogens with one attached hydrogen (secondary N) is 2. The standard InChI is InChI=1S/C17H21N3O5S2/c1-11-12(2)26-17(19-11)20-16(21)6-7-18-27(22,23)13-4-5-14-15(10-13)25-9-3-8-24-14/h4-5,10,18H,3,6-9H2,1-2H3,(H,19,20,21). The van der Waals surface area contributed by atoms with E-state index in [9.17, 15) is 13.2 Å². The molecular weight excluding hydrogens is 390 g/mol. The van der Waals surface area contributed by atoms with Crippen molar-refractivity contribution in [3.8, 4) is 11.5 Å². The van der Waals surface area contributed by atoms with Crippen molar-refractivity contribution >= 4 is 32.4 Å². The second-order valence-corrected chi connectivity index (χ2v) is 8.99. The van der Waals surface area contributed by atoms with Gasteiger partial charge in [0.1, 0.15) is 0 Å². The van der Waals surface area contributed by atoms with Gasteiger partial charge in [0.2, 0.25) is 15.9 Å². The molecule has 8 nitrogen and oxygen atoms in total. The third-order valence-electron chi connectivity index (χ3n) is 3.95. The van der Waals surface area contributed by atoms with Crippen molar-refractivity contribution in [2.24, 2.45) is 0 Å². The Morgan fingerprint density at radius 1 is 1.22 bits per heavy atom. The highest BCUT2D eigenvalue weighted by molar-refractivity contribution is 7.89. The fourth-order valence-corrected chi connectivity index (χ4v) is 4.28. The number of aryl methyl sites for hydroxylation is 2. The number of amides is 1. The molecule has 2 N–H and O–H groups in total. The predicted octanol–water partition coefficient (Wildman–Crippen LogP) is 2.23. The molecule has 2 aromatic rings. The summed E-state index contributed by atoms with van der Waals surface area (Å²) in [5.41, 5.74) is 0.866. The first-order valence-electron chi connectivity index (χ1n) is 8.48. The van der Waals surface area contributed by atoms with Crippen molar-refractivity contribution < 1.29 is 22.7 Å². The molecule has 0 unspecified atom stereocenters. The van der Waals surface area contributed by atoms with Crippen LogP contribution in [0.4, 0.5) is 5.13 Å². The normalized spacial score (nSPS) is 13.9. The van der Waals surface area contributed by atoms with Gasteiger partial charge in [-0.3, -0.25) is 4.79 Å². The molecule has 1 aliphatic rings. The maximum atomic E-state index is 12.4. The van der Waals surface area contributed by atoms with Gasteiger partial charge in [-0.1, -0.05) is 0 Å². The van der Waals surface area contributed by atoms with E-state index in [0.717, 1.165) is 17.0 Å². The van der Waals surface area contributed by atoms with Gasteiger partial charge < -0.3 is 14.8 Å². The zero-order valence-corrected chi connectivity index (χ0v) is 16.7. The molecule has 0 fully saturated rings. The van der Waals surface area contributed by atoms with Crippen molar-refractivity contribution in [3.63, 3.8) is 0 Å². The summed E-state index contributed by atoms with van der Waals surface area (Å²) in [7, 11) is -3.76. The van der Waals surface area contributed by atoms with Gasteiger partial charge in [0, 0.05) is 30.3 Å². The summed E-state index contributed by atoms with van der Waals surface area (Å²) in [5, 5.41) is 3.19. The maximum Gasteiger partial charge on any atom is 0.240 e. The summed E-state index contributed by atoms with van der Waals surface area (Å²) in [6.07, 6.45) is 0.740. The minimum Gasteiger partial charge on any atom is -0.490 e. The molecule has 1 aromatic heterocycles. The molecule has 1 amide bonds. The third kappa shape index (κ3) is 4.96. The number of benzene rings is 1. The number of hydrogen-bond acceptors (Lipinski definition) is 7. The summed E-state index contributed by atoms with van der Waals surface area (Å²) >= 11 is 1.39. The van der Waals surface area contributed by atoms with E-state index in [-0.39, 0.29) is 23.8 Å². The second kappa shape index (κ2) is 8.24. The van der Waals surface area contributed by atoms with Crippen molar-refractivity contribution in [1.82, 2.24) is 9.71 Å². The van der Waals surface area contributed by atoms with Crippen LogP contribution in [0.1, 0.15) is 23.4 Å². The largest absolute Gasteiger partial charge is 0.490 e. The quantitative estimate of drug-likeness (QED) is 0.755. The number of anilines is 1. The monoisotopic (exact) mass is 411 g/mol. The molecule has 10 heteroatoms. The molecule has 27 heavy (non-hydrogen) atoms. The molecule has 0 radical (unpaired) electrons. The average Bonchev–Trinajstić information content (AvgIpc) is 2.81. The number of aromatic nitrogens is 1. The summed E-state index contributed by atoms with van der Waals surface area (Å²) < 4.78 is 38.3. The lowest BCUT2D eigenvalue weighted by Gasteiger charge is -2.10. The van der Waals surface area contributed by atoms with Gasteiger partial charge in [-0.15, -0.1) is 11.3 Å². The van der Waals surface area contributed by atoms with Crippen LogP contribution in [0.3, 0.4) is 0 Å². The predicted molar refractivity (Wildman–Crippen MR) is 102 cm³/mol.